The Morgan fingerprint density at radius 2 is 2.00 bits per heavy atom. The smallest absolute Gasteiger partial charge is 0.161 e. The molecule has 0 amide bonds. The molecule has 1 N–H and O–H groups in total. The van der Waals surface area contributed by atoms with E-state index in [2.05, 4.69) is 22.7 Å². The average molecular weight is 289 g/mol. The lowest BCUT2D eigenvalue weighted by molar-refractivity contribution is 0.353. The summed E-state index contributed by atoms with van der Waals surface area (Å²) in [6.45, 7) is 0. The highest BCUT2D eigenvalue weighted by atomic mass is 16.5. The minimum Gasteiger partial charge on any atom is -0.493 e. The van der Waals surface area contributed by atoms with Crippen LogP contribution in [0.3, 0.4) is 0 Å². The van der Waals surface area contributed by atoms with Gasteiger partial charge in [0.05, 0.1) is 20.4 Å². The van der Waals surface area contributed by atoms with Gasteiger partial charge in [-0.1, -0.05) is 6.07 Å². The van der Waals surface area contributed by atoms with Crippen LogP contribution in [-0.2, 0) is 13.5 Å². The van der Waals surface area contributed by atoms with E-state index in [9.17, 15) is 0 Å². The molecule has 1 unspecified atom stereocenters. The van der Waals surface area contributed by atoms with Gasteiger partial charge in [0.25, 0.3) is 0 Å². The maximum atomic E-state index is 5.37. The van der Waals surface area contributed by atoms with Gasteiger partial charge >= 0.3 is 0 Å². The highest BCUT2D eigenvalue weighted by molar-refractivity contribution is 5.43. The lowest BCUT2D eigenvalue weighted by Gasteiger charge is -2.18. The molecule has 0 aliphatic heterocycles. The van der Waals surface area contributed by atoms with Gasteiger partial charge < -0.3 is 14.8 Å². The van der Waals surface area contributed by atoms with Crippen molar-refractivity contribution in [3.05, 3.63) is 41.7 Å². The van der Waals surface area contributed by atoms with Crippen molar-refractivity contribution < 1.29 is 9.47 Å². The third kappa shape index (κ3) is 3.76. The van der Waals surface area contributed by atoms with E-state index >= 15 is 0 Å². The van der Waals surface area contributed by atoms with E-state index < -0.39 is 0 Å². The molecule has 2 rings (SSSR count). The maximum absolute atomic E-state index is 5.37. The van der Waals surface area contributed by atoms with Crippen LogP contribution in [-0.4, -0.2) is 31.0 Å². The van der Waals surface area contributed by atoms with E-state index in [0.717, 1.165) is 24.3 Å². The molecule has 114 valence electrons. The molecular formula is C16H23N3O2. The Bertz CT molecular complexity index is 581. The number of hydrogen-bond acceptors (Lipinski definition) is 4. The van der Waals surface area contributed by atoms with Crippen LogP contribution in [0.5, 0.6) is 11.5 Å². The van der Waals surface area contributed by atoms with Gasteiger partial charge in [-0.15, -0.1) is 0 Å². The van der Waals surface area contributed by atoms with Crippen molar-refractivity contribution in [2.75, 3.05) is 21.3 Å². The van der Waals surface area contributed by atoms with E-state index in [1.165, 1.54) is 11.1 Å². The Morgan fingerprint density at radius 3 is 2.57 bits per heavy atom. The lowest BCUT2D eigenvalue weighted by atomic mass is 10.00. The minimum absolute atomic E-state index is 0.269. The number of nitrogens with zero attached hydrogens (tertiary/aromatic N) is 2. The number of aromatic nitrogens is 2. The van der Waals surface area contributed by atoms with Crippen molar-refractivity contribution in [1.29, 1.82) is 0 Å². The van der Waals surface area contributed by atoms with Crippen LogP contribution in [0.1, 0.15) is 23.6 Å². The van der Waals surface area contributed by atoms with Crippen molar-refractivity contribution in [3.63, 3.8) is 0 Å². The molecule has 1 atom stereocenters. The molecule has 0 aliphatic carbocycles. The van der Waals surface area contributed by atoms with E-state index in [-0.39, 0.29) is 6.04 Å². The summed E-state index contributed by atoms with van der Waals surface area (Å²) in [6.07, 6.45) is 5.95. The molecule has 5 nitrogen and oxygen atoms in total. The van der Waals surface area contributed by atoms with E-state index in [1.54, 1.807) is 14.2 Å². The van der Waals surface area contributed by atoms with Crippen molar-refractivity contribution in [2.24, 2.45) is 7.05 Å². The summed E-state index contributed by atoms with van der Waals surface area (Å²) in [5, 5.41) is 7.56. The fourth-order valence-electron chi connectivity index (χ4n) is 2.46. The quantitative estimate of drug-likeness (QED) is 0.850. The largest absolute Gasteiger partial charge is 0.493 e. The summed E-state index contributed by atoms with van der Waals surface area (Å²) in [7, 11) is 7.22. The zero-order valence-corrected chi connectivity index (χ0v) is 13.1. The number of nitrogens with one attached hydrogen (secondary N) is 1. The predicted octanol–water partition coefficient (Wildman–Crippen LogP) is 2.33. The Labute approximate surface area is 125 Å². The zero-order chi connectivity index (χ0) is 15.2. The van der Waals surface area contributed by atoms with Crippen LogP contribution in [0.2, 0.25) is 0 Å². The van der Waals surface area contributed by atoms with Gasteiger partial charge in [0, 0.05) is 19.3 Å². The number of methoxy groups -OCH3 is 2. The molecular weight excluding hydrogens is 266 g/mol. The topological polar surface area (TPSA) is 48.3 Å². The second-order valence-corrected chi connectivity index (χ2v) is 5.02. The molecule has 0 aliphatic rings. The second-order valence-electron chi connectivity index (χ2n) is 5.02. The lowest BCUT2D eigenvalue weighted by Crippen LogP contribution is -2.17. The molecule has 1 heterocycles. The molecule has 0 fully saturated rings. The Balaban J connectivity index is 2.09. The normalized spacial score (nSPS) is 12.2. The molecule has 2 aromatic rings. The molecule has 1 aromatic carbocycles. The van der Waals surface area contributed by atoms with Gasteiger partial charge in [-0.25, -0.2) is 0 Å². The van der Waals surface area contributed by atoms with E-state index in [4.69, 9.17) is 9.47 Å². The van der Waals surface area contributed by atoms with E-state index in [1.807, 2.05) is 37.1 Å². The van der Waals surface area contributed by atoms with E-state index in [0.29, 0.717) is 0 Å². The highest BCUT2D eigenvalue weighted by Gasteiger charge is 2.13. The van der Waals surface area contributed by atoms with Crippen LogP contribution in [0, 0.1) is 0 Å². The van der Waals surface area contributed by atoms with Crippen LogP contribution in [0.25, 0.3) is 0 Å². The van der Waals surface area contributed by atoms with Gasteiger partial charge in [0.15, 0.2) is 11.5 Å². The molecule has 21 heavy (non-hydrogen) atoms. The summed E-state index contributed by atoms with van der Waals surface area (Å²) in [5.41, 5.74) is 2.44. The van der Waals surface area contributed by atoms with Gasteiger partial charge in [-0.3, -0.25) is 4.68 Å². The van der Waals surface area contributed by atoms with Gasteiger partial charge in [-0.05, 0) is 43.1 Å². The molecule has 0 saturated carbocycles. The van der Waals surface area contributed by atoms with Crippen LogP contribution < -0.4 is 14.8 Å². The molecule has 0 bridgehead atoms. The van der Waals surface area contributed by atoms with Crippen molar-refractivity contribution in [1.82, 2.24) is 15.1 Å². The second kappa shape index (κ2) is 7.13. The van der Waals surface area contributed by atoms with Crippen LogP contribution >= 0.6 is 0 Å². The Morgan fingerprint density at radius 1 is 1.24 bits per heavy atom. The first kappa shape index (κ1) is 15.4. The third-order valence-corrected chi connectivity index (χ3v) is 3.64. The first-order chi connectivity index (χ1) is 10.2. The highest BCUT2D eigenvalue weighted by Crippen LogP contribution is 2.31. The number of rotatable bonds is 7. The van der Waals surface area contributed by atoms with Gasteiger partial charge in [0.2, 0.25) is 0 Å². The molecule has 0 spiro atoms. The predicted molar refractivity (Wildman–Crippen MR) is 82.9 cm³/mol. The first-order valence-corrected chi connectivity index (χ1v) is 7.04. The fourth-order valence-corrected chi connectivity index (χ4v) is 2.46. The number of aryl methyl sites for hydroxylation is 2. The third-order valence-electron chi connectivity index (χ3n) is 3.64. The fraction of sp³-hybridized carbons (Fsp3) is 0.438. The Kier molecular flexibility index (Phi) is 5.22. The summed E-state index contributed by atoms with van der Waals surface area (Å²) >= 11 is 0. The van der Waals surface area contributed by atoms with Crippen molar-refractivity contribution in [3.8, 4) is 11.5 Å². The summed E-state index contributed by atoms with van der Waals surface area (Å²) in [6, 6.07) is 6.32. The van der Waals surface area contributed by atoms with Gasteiger partial charge in [-0.2, -0.15) is 5.10 Å². The number of ether oxygens (including phenoxy) is 2. The molecule has 1 aromatic heterocycles. The first-order valence-electron chi connectivity index (χ1n) is 7.04. The zero-order valence-electron chi connectivity index (χ0n) is 13.1. The Hall–Kier alpha value is -2.01. The van der Waals surface area contributed by atoms with Crippen molar-refractivity contribution >= 4 is 0 Å². The van der Waals surface area contributed by atoms with Crippen LogP contribution in [0.4, 0.5) is 0 Å². The molecule has 0 radical (unpaired) electrons. The number of hydrogen-bond donors (Lipinski definition) is 1. The summed E-state index contributed by atoms with van der Waals surface area (Å²) < 4.78 is 12.5. The maximum Gasteiger partial charge on any atom is 0.161 e. The summed E-state index contributed by atoms with van der Waals surface area (Å²) in [5.74, 6) is 1.51. The molecule has 0 saturated heterocycles. The van der Waals surface area contributed by atoms with Crippen LogP contribution in [0.15, 0.2) is 30.6 Å². The SMILES string of the molecule is CNC(CCc1cnn(C)c1)c1ccc(OC)c(OC)c1. The van der Waals surface area contributed by atoms with Crippen molar-refractivity contribution in [2.45, 2.75) is 18.9 Å². The standard InChI is InChI=1S/C16H23N3O2/c1-17-14(7-5-12-10-18-19(2)11-12)13-6-8-15(20-3)16(9-13)21-4/h6,8-11,14,17H,5,7H2,1-4H3. The minimum atomic E-state index is 0.269. The molecule has 5 heteroatoms. The average Bonchev–Trinajstić information content (AvgIpc) is 2.93. The monoisotopic (exact) mass is 289 g/mol. The van der Waals surface area contributed by atoms with Gasteiger partial charge in [0.1, 0.15) is 0 Å². The summed E-state index contributed by atoms with van der Waals surface area (Å²) in [4.78, 5) is 0. The number of benzene rings is 1.